The quantitative estimate of drug-likeness (QED) is 0.638. The zero-order chi connectivity index (χ0) is 19.2. The second-order valence-electron chi connectivity index (χ2n) is 6.32. The fraction of sp³-hybridized carbons (Fsp3) is 0.318. The van der Waals surface area contributed by atoms with Gasteiger partial charge in [-0.15, -0.1) is 0 Å². The minimum Gasteiger partial charge on any atom is -0.483 e. The van der Waals surface area contributed by atoms with Crippen molar-refractivity contribution < 1.29 is 14.2 Å². The van der Waals surface area contributed by atoms with E-state index in [1.165, 1.54) is 5.69 Å². The second kappa shape index (κ2) is 8.82. The molecule has 0 bridgehead atoms. The van der Waals surface area contributed by atoms with Crippen LogP contribution in [0.25, 0.3) is 22.2 Å². The van der Waals surface area contributed by atoms with E-state index in [1.807, 2.05) is 24.3 Å². The highest BCUT2D eigenvalue weighted by atomic mass is 19.1. The molecular weight excluding hydrogens is 343 g/mol. The highest BCUT2D eigenvalue weighted by Crippen LogP contribution is 2.29. The standard InChI is InChI=1S/C22H25FN2O2/c1-3-25(4-2)18-11-8-16(9-12-18)20-13-10-17-6-5-7-21(22(17)24-20)27-19(14-23)15-26/h5-13,19,26H,3-4,14-15H2,1-2H3. The molecule has 3 aromatic rings. The molecule has 0 radical (unpaired) electrons. The lowest BCUT2D eigenvalue weighted by atomic mass is 10.1. The summed E-state index contributed by atoms with van der Waals surface area (Å²) in [5, 5.41) is 10.1. The molecule has 4 nitrogen and oxygen atoms in total. The lowest BCUT2D eigenvalue weighted by Crippen LogP contribution is -2.23. The Morgan fingerprint density at radius 3 is 2.41 bits per heavy atom. The van der Waals surface area contributed by atoms with Crippen LogP contribution in [0.1, 0.15) is 13.8 Å². The van der Waals surface area contributed by atoms with Gasteiger partial charge in [-0.05, 0) is 38.1 Å². The van der Waals surface area contributed by atoms with Crippen LogP contribution in [0.15, 0.2) is 54.6 Å². The van der Waals surface area contributed by atoms with Gasteiger partial charge in [0.25, 0.3) is 0 Å². The highest BCUT2D eigenvalue weighted by Gasteiger charge is 2.13. The summed E-state index contributed by atoms with van der Waals surface area (Å²) in [6.45, 7) is 5.08. The van der Waals surface area contributed by atoms with E-state index >= 15 is 0 Å². The predicted molar refractivity (Wildman–Crippen MR) is 108 cm³/mol. The molecular formula is C22H25FN2O2. The van der Waals surface area contributed by atoms with Gasteiger partial charge in [0, 0.05) is 29.7 Å². The number of aliphatic hydroxyl groups is 1. The van der Waals surface area contributed by atoms with E-state index in [0.717, 1.165) is 29.7 Å². The lowest BCUT2D eigenvalue weighted by Gasteiger charge is -2.21. The molecule has 0 aliphatic carbocycles. The summed E-state index contributed by atoms with van der Waals surface area (Å²) in [5.74, 6) is 0.478. The molecule has 0 amide bonds. The van der Waals surface area contributed by atoms with Crippen molar-refractivity contribution in [3.8, 4) is 17.0 Å². The van der Waals surface area contributed by atoms with Gasteiger partial charge in [-0.2, -0.15) is 0 Å². The minimum atomic E-state index is -0.880. The van der Waals surface area contributed by atoms with Gasteiger partial charge in [0.05, 0.1) is 12.3 Å². The number of hydrogen-bond acceptors (Lipinski definition) is 4. The number of halogens is 1. The Balaban J connectivity index is 1.96. The summed E-state index contributed by atoms with van der Waals surface area (Å²) >= 11 is 0. The van der Waals surface area contributed by atoms with Crippen LogP contribution >= 0.6 is 0 Å². The number of nitrogens with zero attached hydrogens (tertiary/aromatic N) is 2. The molecule has 2 aromatic carbocycles. The highest BCUT2D eigenvalue weighted by molar-refractivity contribution is 5.86. The van der Waals surface area contributed by atoms with Gasteiger partial charge >= 0.3 is 0 Å². The SMILES string of the molecule is CCN(CC)c1ccc(-c2ccc3cccc(OC(CO)CF)c3n2)cc1. The van der Waals surface area contributed by atoms with Crippen LogP contribution in [0.5, 0.6) is 5.75 Å². The smallest absolute Gasteiger partial charge is 0.150 e. The summed E-state index contributed by atoms with van der Waals surface area (Å²) in [5.41, 5.74) is 3.68. The number of fused-ring (bicyclic) bond motifs is 1. The van der Waals surface area contributed by atoms with Crippen LogP contribution in [-0.4, -0.2) is 42.6 Å². The largest absolute Gasteiger partial charge is 0.483 e. The first-order valence-electron chi connectivity index (χ1n) is 9.28. The van der Waals surface area contributed by atoms with Crippen LogP contribution in [0.4, 0.5) is 10.1 Å². The zero-order valence-electron chi connectivity index (χ0n) is 15.7. The number of pyridine rings is 1. The Morgan fingerprint density at radius 1 is 1.04 bits per heavy atom. The summed E-state index contributed by atoms with van der Waals surface area (Å²) in [6, 6.07) is 17.8. The van der Waals surface area contributed by atoms with Crippen molar-refractivity contribution in [1.82, 2.24) is 4.98 Å². The summed E-state index contributed by atoms with van der Waals surface area (Å²) < 4.78 is 18.5. The van der Waals surface area contributed by atoms with Crippen molar-refractivity contribution >= 4 is 16.6 Å². The molecule has 5 heteroatoms. The molecule has 0 spiro atoms. The topological polar surface area (TPSA) is 45.6 Å². The third-order valence-corrected chi connectivity index (χ3v) is 4.64. The average Bonchev–Trinajstić information content (AvgIpc) is 2.73. The Kier molecular flexibility index (Phi) is 6.24. The van der Waals surface area contributed by atoms with Gasteiger partial charge in [0.2, 0.25) is 0 Å². The van der Waals surface area contributed by atoms with E-state index in [0.29, 0.717) is 11.3 Å². The van der Waals surface area contributed by atoms with E-state index < -0.39 is 12.8 Å². The number of anilines is 1. The molecule has 1 unspecified atom stereocenters. The maximum atomic E-state index is 12.9. The Bertz CT molecular complexity index is 875. The summed E-state index contributed by atoms with van der Waals surface area (Å²) in [7, 11) is 0. The Hall–Kier alpha value is -2.66. The Labute approximate surface area is 159 Å². The van der Waals surface area contributed by atoms with Crippen LogP contribution in [0, 0.1) is 0 Å². The number of alkyl halides is 1. The van der Waals surface area contributed by atoms with Crippen molar-refractivity contribution in [2.45, 2.75) is 20.0 Å². The fourth-order valence-corrected chi connectivity index (χ4v) is 3.10. The molecule has 3 rings (SSSR count). The van der Waals surface area contributed by atoms with Gasteiger partial charge in [0.15, 0.2) is 0 Å². The van der Waals surface area contributed by atoms with Gasteiger partial charge < -0.3 is 14.7 Å². The van der Waals surface area contributed by atoms with E-state index in [2.05, 4.69) is 43.0 Å². The predicted octanol–water partition coefficient (Wildman–Crippen LogP) is 4.46. The zero-order valence-corrected chi connectivity index (χ0v) is 15.7. The van der Waals surface area contributed by atoms with Crippen molar-refractivity contribution in [2.24, 2.45) is 0 Å². The molecule has 0 aliphatic rings. The van der Waals surface area contributed by atoms with Crippen LogP contribution in [-0.2, 0) is 0 Å². The number of rotatable bonds is 8. The molecule has 0 aliphatic heterocycles. The number of aliphatic hydroxyl groups excluding tert-OH is 1. The van der Waals surface area contributed by atoms with Crippen molar-refractivity contribution in [3.05, 3.63) is 54.6 Å². The van der Waals surface area contributed by atoms with Gasteiger partial charge in [-0.1, -0.05) is 30.3 Å². The molecule has 27 heavy (non-hydrogen) atoms. The van der Waals surface area contributed by atoms with Crippen LogP contribution in [0.3, 0.4) is 0 Å². The van der Waals surface area contributed by atoms with Gasteiger partial charge in [-0.3, -0.25) is 0 Å². The second-order valence-corrected chi connectivity index (χ2v) is 6.32. The molecule has 0 saturated heterocycles. The third kappa shape index (κ3) is 4.19. The minimum absolute atomic E-state index is 0.376. The number of ether oxygens (including phenoxy) is 1. The first kappa shape index (κ1) is 19.1. The maximum absolute atomic E-state index is 12.9. The average molecular weight is 368 g/mol. The number of hydrogen-bond donors (Lipinski definition) is 1. The molecule has 1 heterocycles. The van der Waals surface area contributed by atoms with Crippen LogP contribution < -0.4 is 9.64 Å². The summed E-state index contributed by atoms with van der Waals surface area (Å²) in [6.07, 6.45) is -0.880. The first-order chi connectivity index (χ1) is 13.2. The van der Waals surface area contributed by atoms with E-state index in [4.69, 9.17) is 9.72 Å². The molecule has 142 valence electrons. The third-order valence-electron chi connectivity index (χ3n) is 4.64. The van der Waals surface area contributed by atoms with E-state index in [9.17, 15) is 9.50 Å². The molecule has 1 atom stereocenters. The maximum Gasteiger partial charge on any atom is 0.150 e. The Morgan fingerprint density at radius 2 is 1.78 bits per heavy atom. The van der Waals surface area contributed by atoms with Crippen molar-refractivity contribution in [1.29, 1.82) is 0 Å². The van der Waals surface area contributed by atoms with Gasteiger partial charge in [-0.25, -0.2) is 9.37 Å². The molecule has 0 fully saturated rings. The first-order valence-corrected chi connectivity index (χ1v) is 9.28. The number of benzene rings is 2. The van der Waals surface area contributed by atoms with E-state index in [-0.39, 0.29) is 6.61 Å². The number of aromatic nitrogens is 1. The van der Waals surface area contributed by atoms with Gasteiger partial charge in [0.1, 0.15) is 24.0 Å². The normalized spacial score (nSPS) is 12.1. The molecule has 1 N–H and O–H groups in total. The van der Waals surface area contributed by atoms with Crippen LogP contribution in [0.2, 0.25) is 0 Å². The summed E-state index contributed by atoms with van der Waals surface area (Å²) in [4.78, 5) is 7.03. The molecule has 0 saturated carbocycles. The monoisotopic (exact) mass is 368 g/mol. The lowest BCUT2D eigenvalue weighted by molar-refractivity contribution is 0.0943. The number of para-hydroxylation sites is 1. The molecule has 1 aromatic heterocycles. The fourth-order valence-electron chi connectivity index (χ4n) is 3.10. The van der Waals surface area contributed by atoms with Crippen molar-refractivity contribution in [3.63, 3.8) is 0 Å². The van der Waals surface area contributed by atoms with E-state index in [1.54, 1.807) is 6.07 Å². The van der Waals surface area contributed by atoms with Crippen molar-refractivity contribution in [2.75, 3.05) is 31.3 Å².